The van der Waals surface area contributed by atoms with Gasteiger partial charge in [-0.3, -0.25) is 4.79 Å². The zero-order valence-corrected chi connectivity index (χ0v) is 15.9. The van der Waals surface area contributed by atoms with Crippen molar-refractivity contribution in [2.75, 3.05) is 6.54 Å². The molecule has 1 heterocycles. The van der Waals surface area contributed by atoms with Crippen molar-refractivity contribution in [1.29, 1.82) is 0 Å². The molecule has 0 bridgehead atoms. The summed E-state index contributed by atoms with van der Waals surface area (Å²) in [4.78, 5) is 18.6. The van der Waals surface area contributed by atoms with Crippen LogP contribution in [0, 0.1) is 6.92 Å². The predicted octanol–water partition coefficient (Wildman–Crippen LogP) is 1.92. The van der Waals surface area contributed by atoms with Crippen molar-refractivity contribution >= 4 is 32.2 Å². The fraction of sp³-hybridized carbons (Fsp3) is 0.235. The SMILES string of the molecule is Cc1cc(-c2cnc(/C(=C\C(=[NH2+])Br)NCCC(F)(F)F)[nH]2)ccc1C(N)=O. The van der Waals surface area contributed by atoms with Crippen LogP contribution in [0.2, 0.25) is 0 Å². The molecule has 0 fully saturated rings. The van der Waals surface area contributed by atoms with Crippen LogP contribution < -0.4 is 16.5 Å². The van der Waals surface area contributed by atoms with E-state index in [1.54, 1.807) is 25.1 Å². The Morgan fingerprint density at radius 2 is 2.15 bits per heavy atom. The van der Waals surface area contributed by atoms with Gasteiger partial charge >= 0.3 is 6.18 Å². The number of aryl methyl sites for hydroxylation is 1. The van der Waals surface area contributed by atoms with Crippen LogP contribution in [0.5, 0.6) is 0 Å². The highest BCUT2D eigenvalue weighted by Gasteiger charge is 2.26. The molecule has 0 radical (unpaired) electrons. The lowest BCUT2D eigenvalue weighted by molar-refractivity contribution is -0.132. The molecule has 6 N–H and O–H groups in total. The average Bonchev–Trinajstić information content (AvgIpc) is 3.01. The number of H-pyrrole nitrogens is 1. The van der Waals surface area contributed by atoms with Gasteiger partial charge in [0.05, 0.1) is 24.0 Å². The number of aromatic amines is 1. The number of allylic oxidation sites excluding steroid dienone is 1. The van der Waals surface area contributed by atoms with Gasteiger partial charge in [-0.15, -0.1) is 0 Å². The minimum Gasteiger partial charge on any atom is -0.381 e. The largest absolute Gasteiger partial charge is 0.390 e. The Labute approximate surface area is 161 Å². The third-order valence-corrected chi connectivity index (χ3v) is 3.87. The highest BCUT2D eigenvalue weighted by atomic mass is 79.9. The predicted molar refractivity (Wildman–Crippen MR) is 99.8 cm³/mol. The number of amides is 1. The maximum absolute atomic E-state index is 12.4. The summed E-state index contributed by atoms with van der Waals surface area (Å²) in [6, 6.07) is 5.08. The molecule has 1 aromatic carbocycles. The van der Waals surface area contributed by atoms with Crippen LogP contribution in [0.15, 0.2) is 30.5 Å². The average molecular weight is 445 g/mol. The molecule has 6 nitrogen and oxygen atoms in total. The monoisotopic (exact) mass is 444 g/mol. The number of carbonyl (C=O) groups is 1. The number of nitrogens with one attached hydrogen (secondary N) is 2. The second-order valence-electron chi connectivity index (χ2n) is 5.77. The number of primary amides is 1. The molecule has 0 aliphatic heterocycles. The first kappa shape index (κ1) is 20.7. The first-order chi connectivity index (χ1) is 12.6. The van der Waals surface area contributed by atoms with E-state index in [-0.39, 0.29) is 11.2 Å². The zero-order valence-electron chi connectivity index (χ0n) is 14.3. The van der Waals surface area contributed by atoms with E-state index in [1.165, 1.54) is 12.3 Å². The van der Waals surface area contributed by atoms with E-state index in [0.29, 0.717) is 28.3 Å². The summed E-state index contributed by atoms with van der Waals surface area (Å²) in [7, 11) is 0. The van der Waals surface area contributed by atoms with Crippen LogP contribution in [0.4, 0.5) is 13.2 Å². The fourth-order valence-electron chi connectivity index (χ4n) is 2.39. The highest BCUT2D eigenvalue weighted by molar-refractivity contribution is 9.18. The van der Waals surface area contributed by atoms with Gasteiger partial charge in [0.1, 0.15) is 0 Å². The third-order valence-electron chi connectivity index (χ3n) is 3.64. The molecule has 1 amide bonds. The molecule has 0 aliphatic carbocycles. The lowest BCUT2D eigenvalue weighted by Crippen LogP contribution is -2.35. The fourth-order valence-corrected chi connectivity index (χ4v) is 2.62. The third kappa shape index (κ3) is 5.95. The maximum atomic E-state index is 12.4. The Bertz CT molecular complexity index is 889. The molecule has 1 aromatic heterocycles. The van der Waals surface area contributed by atoms with E-state index < -0.39 is 18.5 Å². The van der Waals surface area contributed by atoms with E-state index >= 15 is 0 Å². The van der Waals surface area contributed by atoms with Gasteiger partial charge in [0.25, 0.3) is 0 Å². The Hall–Kier alpha value is -2.62. The van der Waals surface area contributed by atoms with Crippen LogP contribution in [0.3, 0.4) is 0 Å². The normalized spacial score (nSPS) is 12.1. The quantitative estimate of drug-likeness (QED) is 0.489. The van der Waals surface area contributed by atoms with Crippen LogP contribution in [0.25, 0.3) is 17.0 Å². The van der Waals surface area contributed by atoms with Crippen LogP contribution in [-0.4, -0.2) is 33.2 Å². The van der Waals surface area contributed by atoms with Crippen molar-refractivity contribution < 1.29 is 23.4 Å². The highest BCUT2D eigenvalue weighted by Crippen LogP contribution is 2.23. The number of rotatable bonds is 7. The molecular formula is C17H18BrF3N5O+. The number of aromatic nitrogens is 2. The van der Waals surface area contributed by atoms with Gasteiger partial charge in [-0.1, -0.05) is 6.07 Å². The molecule has 2 aromatic rings. The molecular weight excluding hydrogens is 427 g/mol. The Kier molecular flexibility index (Phi) is 6.42. The van der Waals surface area contributed by atoms with Crippen molar-refractivity contribution in [3.63, 3.8) is 0 Å². The first-order valence-electron chi connectivity index (χ1n) is 7.83. The summed E-state index contributed by atoms with van der Waals surface area (Å²) in [5.74, 6) is -0.196. The molecule has 0 spiro atoms. The van der Waals surface area contributed by atoms with E-state index in [1.807, 2.05) is 0 Å². The van der Waals surface area contributed by atoms with Crippen LogP contribution in [-0.2, 0) is 0 Å². The first-order valence-corrected chi connectivity index (χ1v) is 8.62. The van der Waals surface area contributed by atoms with Crippen molar-refractivity contribution in [2.24, 2.45) is 5.73 Å². The molecule has 0 atom stereocenters. The smallest absolute Gasteiger partial charge is 0.381 e. The van der Waals surface area contributed by atoms with Crippen LogP contribution >= 0.6 is 15.9 Å². The lowest BCUT2D eigenvalue weighted by atomic mass is 10.0. The summed E-state index contributed by atoms with van der Waals surface area (Å²) in [5, 5.41) is 8.26. The van der Waals surface area contributed by atoms with Gasteiger partial charge < -0.3 is 16.0 Å². The Morgan fingerprint density at radius 1 is 1.44 bits per heavy atom. The number of imidazole rings is 1. The van der Waals surface area contributed by atoms with Gasteiger partial charge in [0.2, 0.25) is 10.5 Å². The summed E-state index contributed by atoms with van der Waals surface area (Å²) < 4.78 is 37.3. The number of alkyl halides is 3. The molecule has 0 saturated heterocycles. The molecule has 0 aliphatic rings. The minimum atomic E-state index is -4.27. The van der Waals surface area contributed by atoms with E-state index in [9.17, 15) is 18.0 Å². The maximum Gasteiger partial charge on any atom is 0.390 e. The number of hydrogen-bond donors (Lipinski definition) is 4. The molecule has 27 heavy (non-hydrogen) atoms. The minimum absolute atomic E-state index is 0.233. The van der Waals surface area contributed by atoms with Crippen LogP contribution in [0.1, 0.15) is 28.2 Å². The standard InChI is InChI=1S/C17H17BrF3N5O/c1-9-6-10(2-3-11(9)15(23)27)13-8-25-16(26-13)12(7-14(18)22)24-5-4-17(19,20)21/h2-3,6-8,22,24H,4-5H2,1H3,(H2,23,27)(H,25,26)/p+1/b12-7+,22-14?. The van der Waals surface area contributed by atoms with Gasteiger partial charge in [-0.2, -0.15) is 13.2 Å². The molecule has 144 valence electrons. The number of nitrogens with zero attached hydrogens (tertiary/aromatic N) is 1. The van der Waals surface area contributed by atoms with Crippen molar-refractivity contribution in [3.8, 4) is 11.3 Å². The van der Waals surface area contributed by atoms with E-state index in [0.717, 1.165) is 5.56 Å². The number of carbonyl (C=O) groups excluding carboxylic acids is 1. The molecule has 0 unspecified atom stereocenters. The van der Waals surface area contributed by atoms with Gasteiger partial charge in [0, 0.05) is 34.1 Å². The zero-order chi connectivity index (χ0) is 20.2. The number of nitrogens with two attached hydrogens (primary N) is 2. The summed E-state index contributed by atoms with van der Waals surface area (Å²) in [6.45, 7) is 1.43. The Morgan fingerprint density at radius 3 is 2.70 bits per heavy atom. The topological polar surface area (TPSA) is 109 Å². The van der Waals surface area contributed by atoms with Gasteiger partial charge in [0.15, 0.2) is 5.82 Å². The molecule has 2 rings (SSSR count). The van der Waals surface area contributed by atoms with Crippen molar-refractivity contribution in [2.45, 2.75) is 19.5 Å². The second kappa shape index (κ2) is 8.38. The lowest BCUT2D eigenvalue weighted by Gasteiger charge is -2.10. The van der Waals surface area contributed by atoms with E-state index in [2.05, 4.69) is 31.2 Å². The number of hydrogen-bond acceptors (Lipinski definition) is 3. The molecule has 0 saturated carbocycles. The summed E-state index contributed by atoms with van der Waals surface area (Å²) >= 11 is 3.06. The molecule has 10 heteroatoms. The second-order valence-corrected chi connectivity index (χ2v) is 6.69. The number of benzene rings is 1. The van der Waals surface area contributed by atoms with Crippen molar-refractivity contribution in [3.05, 3.63) is 47.4 Å². The van der Waals surface area contributed by atoms with Gasteiger partial charge in [-0.05, 0) is 30.2 Å². The van der Waals surface area contributed by atoms with Crippen molar-refractivity contribution in [1.82, 2.24) is 15.3 Å². The summed E-state index contributed by atoms with van der Waals surface area (Å²) in [6.07, 6.45) is -2.29. The number of halogens is 4. The Balaban J connectivity index is 2.25. The van der Waals surface area contributed by atoms with E-state index in [4.69, 9.17) is 11.1 Å². The summed E-state index contributed by atoms with van der Waals surface area (Å²) in [5.41, 5.74) is 8.10. The van der Waals surface area contributed by atoms with Gasteiger partial charge in [-0.25, -0.2) is 10.4 Å².